The Kier molecular flexibility index (Phi) is 7.26. The molecule has 0 spiro atoms. The van der Waals surface area contributed by atoms with Crippen LogP contribution in [0.2, 0.25) is 0 Å². The van der Waals surface area contributed by atoms with Crippen molar-refractivity contribution in [3.63, 3.8) is 0 Å². The number of unbranched alkanes of at least 4 members (excludes halogenated alkanes) is 4. The molecule has 13 heavy (non-hydrogen) atoms. The van der Waals surface area contributed by atoms with E-state index in [1.807, 2.05) is 0 Å². The molecule has 0 saturated carbocycles. The molecule has 0 aliphatic rings. The number of carbonyl (C=O) groups excluding carboxylic acids is 1. The van der Waals surface area contributed by atoms with E-state index >= 15 is 0 Å². The van der Waals surface area contributed by atoms with Crippen molar-refractivity contribution in [1.82, 2.24) is 0 Å². The van der Waals surface area contributed by atoms with Gasteiger partial charge < -0.3 is 9.90 Å². The summed E-state index contributed by atoms with van der Waals surface area (Å²) in [5.41, 5.74) is 0. The fourth-order valence-electron chi connectivity index (χ4n) is 1.22. The number of aldehydes is 1. The van der Waals surface area contributed by atoms with Crippen LogP contribution in [-0.4, -0.2) is 17.4 Å². The molecule has 3 heteroatoms. The van der Waals surface area contributed by atoms with Gasteiger partial charge in [-0.1, -0.05) is 39.0 Å². The molecule has 0 aliphatic heterocycles. The Bertz CT molecular complexity index is 154. The van der Waals surface area contributed by atoms with E-state index < -0.39 is 11.9 Å². The summed E-state index contributed by atoms with van der Waals surface area (Å²) < 4.78 is 0. The van der Waals surface area contributed by atoms with E-state index in [0.29, 0.717) is 12.7 Å². The van der Waals surface area contributed by atoms with Gasteiger partial charge in [-0.15, -0.1) is 0 Å². The number of aliphatic carboxylic acids is 1. The second-order valence-electron chi connectivity index (χ2n) is 3.28. The fourth-order valence-corrected chi connectivity index (χ4v) is 1.22. The van der Waals surface area contributed by atoms with E-state index in [2.05, 4.69) is 6.92 Å². The van der Waals surface area contributed by atoms with Gasteiger partial charge in [-0.3, -0.25) is 4.79 Å². The summed E-state index contributed by atoms with van der Waals surface area (Å²) in [6.45, 7) is 2.13. The molecule has 1 N–H and O–H groups in total. The van der Waals surface area contributed by atoms with Crippen molar-refractivity contribution < 1.29 is 14.7 Å². The van der Waals surface area contributed by atoms with E-state index in [1.165, 1.54) is 12.8 Å². The second-order valence-corrected chi connectivity index (χ2v) is 3.28. The molecule has 76 valence electrons. The minimum absolute atomic E-state index is 0.489. The van der Waals surface area contributed by atoms with Gasteiger partial charge in [-0.05, 0) is 6.42 Å². The molecule has 0 aromatic carbocycles. The minimum atomic E-state index is -0.995. The lowest BCUT2D eigenvalue weighted by molar-refractivity contribution is -0.143. The van der Waals surface area contributed by atoms with Gasteiger partial charge >= 0.3 is 5.97 Å². The zero-order valence-electron chi connectivity index (χ0n) is 8.16. The van der Waals surface area contributed by atoms with Crippen LogP contribution >= 0.6 is 0 Å². The molecule has 1 atom stereocenters. The van der Waals surface area contributed by atoms with E-state index in [-0.39, 0.29) is 0 Å². The Balaban J connectivity index is 3.39. The maximum Gasteiger partial charge on any atom is 0.313 e. The van der Waals surface area contributed by atoms with E-state index in [4.69, 9.17) is 5.11 Å². The molecule has 3 nitrogen and oxygen atoms in total. The van der Waals surface area contributed by atoms with Gasteiger partial charge in [-0.25, -0.2) is 0 Å². The Morgan fingerprint density at radius 2 is 1.92 bits per heavy atom. The summed E-state index contributed by atoms with van der Waals surface area (Å²) in [7, 11) is 0. The highest BCUT2D eigenvalue weighted by molar-refractivity contribution is 5.86. The van der Waals surface area contributed by atoms with Gasteiger partial charge in [0.1, 0.15) is 12.2 Å². The minimum Gasteiger partial charge on any atom is -0.481 e. The van der Waals surface area contributed by atoms with Crippen LogP contribution in [0.15, 0.2) is 0 Å². The average molecular weight is 186 g/mol. The Labute approximate surface area is 79.1 Å². The maximum absolute atomic E-state index is 10.4. The monoisotopic (exact) mass is 186 g/mol. The van der Waals surface area contributed by atoms with Crippen molar-refractivity contribution in [2.45, 2.75) is 45.4 Å². The summed E-state index contributed by atoms with van der Waals surface area (Å²) in [6.07, 6.45) is 6.41. The molecular weight excluding hydrogens is 168 g/mol. The van der Waals surface area contributed by atoms with Crippen molar-refractivity contribution in [3.8, 4) is 0 Å². The van der Waals surface area contributed by atoms with Crippen molar-refractivity contribution in [1.29, 1.82) is 0 Å². The van der Waals surface area contributed by atoms with Gasteiger partial charge in [0.2, 0.25) is 0 Å². The molecule has 0 aromatic rings. The maximum atomic E-state index is 10.4. The predicted octanol–water partition coefficient (Wildman–Crippen LogP) is 2.25. The van der Waals surface area contributed by atoms with E-state index in [0.717, 1.165) is 19.3 Å². The lowest BCUT2D eigenvalue weighted by Gasteiger charge is -2.03. The number of carboxylic acids is 1. The van der Waals surface area contributed by atoms with Crippen LogP contribution in [0.3, 0.4) is 0 Å². The van der Waals surface area contributed by atoms with Crippen LogP contribution in [0.4, 0.5) is 0 Å². The number of hydrogen-bond acceptors (Lipinski definition) is 2. The van der Waals surface area contributed by atoms with Crippen LogP contribution in [0.25, 0.3) is 0 Å². The Morgan fingerprint density at radius 3 is 2.38 bits per heavy atom. The first kappa shape index (κ1) is 12.1. The average Bonchev–Trinajstić information content (AvgIpc) is 2.10. The van der Waals surface area contributed by atoms with Gasteiger partial charge in [0, 0.05) is 0 Å². The van der Waals surface area contributed by atoms with Gasteiger partial charge in [0.05, 0.1) is 0 Å². The molecule has 0 radical (unpaired) electrons. The number of carboxylic acid groups (broad SMARTS) is 1. The van der Waals surface area contributed by atoms with Crippen LogP contribution in [0, 0.1) is 5.92 Å². The molecule has 0 rings (SSSR count). The molecule has 0 amide bonds. The molecule has 0 fully saturated rings. The summed E-state index contributed by atoms with van der Waals surface area (Å²) in [6, 6.07) is 0. The van der Waals surface area contributed by atoms with Crippen LogP contribution in [0.5, 0.6) is 0 Å². The largest absolute Gasteiger partial charge is 0.481 e. The lowest BCUT2D eigenvalue weighted by atomic mass is 10.0. The molecule has 0 heterocycles. The summed E-state index contributed by atoms with van der Waals surface area (Å²) in [5.74, 6) is -1.79. The van der Waals surface area contributed by atoms with E-state index in [9.17, 15) is 9.59 Å². The van der Waals surface area contributed by atoms with E-state index in [1.54, 1.807) is 0 Å². The number of rotatable bonds is 8. The topological polar surface area (TPSA) is 54.4 Å². The Hall–Kier alpha value is -0.860. The first-order valence-corrected chi connectivity index (χ1v) is 4.90. The van der Waals surface area contributed by atoms with Gasteiger partial charge in [0.25, 0.3) is 0 Å². The van der Waals surface area contributed by atoms with Gasteiger partial charge in [0.15, 0.2) is 0 Å². The second kappa shape index (κ2) is 7.77. The third-order valence-corrected chi connectivity index (χ3v) is 2.10. The zero-order valence-corrected chi connectivity index (χ0v) is 8.16. The SMILES string of the molecule is CCCCCCCC(C=O)C(=O)O. The molecular formula is C10H18O3. The Morgan fingerprint density at radius 1 is 1.31 bits per heavy atom. The van der Waals surface area contributed by atoms with Gasteiger partial charge in [-0.2, -0.15) is 0 Å². The van der Waals surface area contributed by atoms with Crippen molar-refractivity contribution in [2.24, 2.45) is 5.92 Å². The van der Waals surface area contributed by atoms with Crippen LogP contribution < -0.4 is 0 Å². The molecule has 0 saturated heterocycles. The van der Waals surface area contributed by atoms with Crippen molar-refractivity contribution in [3.05, 3.63) is 0 Å². The standard InChI is InChI=1S/C10H18O3/c1-2-3-4-5-6-7-9(8-11)10(12)13/h8-9H,2-7H2,1H3,(H,12,13). The van der Waals surface area contributed by atoms with Crippen LogP contribution in [0.1, 0.15) is 45.4 Å². The summed E-state index contributed by atoms with van der Waals surface area (Å²) in [5, 5.41) is 8.54. The van der Waals surface area contributed by atoms with Crippen molar-refractivity contribution in [2.75, 3.05) is 0 Å². The number of carbonyl (C=O) groups is 2. The molecule has 0 bridgehead atoms. The summed E-state index contributed by atoms with van der Waals surface area (Å²) >= 11 is 0. The first-order chi connectivity index (χ1) is 6.22. The molecule has 0 aromatic heterocycles. The molecule has 0 aliphatic carbocycles. The number of hydrogen-bond donors (Lipinski definition) is 1. The summed E-state index contributed by atoms with van der Waals surface area (Å²) in [4.78, 5) is 20.7. The lowest BCUT2D eigenvalue weighted by Crippen LogP contribution is -2.14. The smallest absolute Gasteiger partial charge is 0.313 e. The third-order valence-electron chi connectivity index (χ3n) is 2.10. The first-order valence-electron chi connectivity index (χ1n) is 4.90. The highest BCUT2D eigenvalue weighted by Crippen LogP contribution is 2.10. The van der Waals surface area contributed by atoms with Crippen molar-refractivity contribution >= 4 is 12.3 Å². The quantitative estimate of drug-likeness (QED) is 0.359. The molecule has 1 unspecified atom stereocenters. The highest BCUT2D eigenvalue weighted by atomic mass is 16.4. The highest BCUT2D eigenvalue weighted by Gasteiger charge is 2.14. The zero-order chi connectivity index (χ0) is 10.1. The third kappa shape index (κ3) is 6.31. The van der Waals surface area contributed by atoms with Crippen LogP contribution in [-0.2, 0) is 9.59 Å². The fraction of sp³-hybridized carbons (Fsp3) is 0.800. The predicted molar refractivity (Wildman–Crippen MR) is 50.6 cm³/mol. The normalized spacial score (nSPS) is 12.4.